The molecule has 0 spiro atoms. The highest BCUT2D eigenvalue weighted by Crippen LogP contribution is 2.14. The molecule has 0 aromatic heterocycles. The molecule has 0 amide bonds. The molecule has 0 fully saturated rings. The van der Waals surface area contributed by atoms with E-state index in [0.29, 0.717) is 25.4 Å². The minimum absolute atomic E-state index is 0.107. The van der Waals surface area contributed by atoms with Crippen LogP contribution in [0.4, 0.5) is 5.69 Å². The van der Waals surface area contributed by atoms with Crippen molar-refractivity contribution >= 4 is 5.69 Å². The highest BCUT2D eigenvalue weighted by Gasteiger charge is 2.03. The van der Waals surface area contributed by atoms with Crippen LogP contribution in [0, 0.1) is 0 Å². The fourth-order valence-corrected chi connectivity index (χ4v) is 1.70. The van der Waals surface area contributed by atoms with Gasteiger partial charge in [0.1, 0.15) is 5.75 Å². The van der Waals surface area contributed by atoms with Crippen molar-refractivity contribution < 1.29 is 14.9 Å². The zero-order chi connectivity index (χ0) is 13.2. The monoisotopic (exact) mass is 254 g/mol. The van der Waals surface area contributed by atoms with Gasteiger partial charge in [-0.2, -0.15) is 0 Å². The van der Waals surface area contributed by atoms with Crippen LogP contribution in [-0.4, -0.2) is 54.6 Å². The maximum atomic E-state index is 8.86. The molecule has 102 valence electrons. The molecule has 0 saturated carbocycles. The first-order valence-corrected chi connectivity index (χ1v) is 6.18. The van der Waals surface area contributed by atoms with Gasteiger partial charge >= 0.3 is 0 Å². The molecule has 0 aliphatic carbocycles. The predicted molar refractivity (Wildman–Crippen MR) is 71.6 cm³/mol. The Balaban J connectivity index is 2.20. The topological polar surface area (TPSA) is 79.0 Å². The minimum atomic E-state index is 0.107. The lowest BCUT2D eigenvalue weighted by Gasteiger charge is -2.19. The highest BCUT2D eigenvalue weighted by atomic mass is 16.5. The smallest absolute Gasteiger partial charge is 0.121 e. The zero-order valence-corrected chi connectivity index (χ0v) is 10.6. The van der Waals surface area contributed by atoms with E-state index in [4.69, 9.17) is 20.7 Å². The SMILES string of the molecule is Nc1cccc(OCCCN(CCO)CCO)c1. The van der Waals surface area contributed by atoms with Crippen LogP contribution in [0.25, 0.3) is 0 Å². The van der Waals surface area contributed by atoms with Gasteiger partial charge in [0, 0.05) is 31.4 Å². The molecule has 1 rings (SSSR count). The average molecular weight is 254 g/mol. The van der Waals surface area contributed by atoms with Crippen LogP contribution in [0.2, 0.25) is 0 Å². The van der Waals surface area contributed by atoms with Crippen molar-refractivity contribution in [3.8, 4) is 5.75 Å². The number of ether oxygens (including phenoxy) is 1. The average Bonchev–Trinajstić information content (AvgIpc) is 2.35. The summed E-state index contributed by atoms with van der Waals surface area (Å²) in [5.41, 5.74) is 6.34. The normalized spacial score (nSPS) is 10.8. The van der Waals surface area contributed by atoms with Crippen molar-refractivity contribution in [2.75, 3.05) is 45.2 Å². The second-order valence-electron chi connectivity index (χ2n) is 4.06. The summed E-state index contributed by atoms with van der Waals surface area (Å²) >= 11 is 0. The first kappa shape index (κ1) is 14.8. The molecule has 0 atom stereocenters. The molecular formula is C13H22N2O3. The van der Waals surface area contributed by atoms with Gasteiger partial charge in [0.2, 0.25) is 0 Å². The molecule has 0 heterocycles. The van der Waals surface area contributed by atoms with E-state index in [-0.39, 0.29) is 13.2 Å². The van der Waals surface area contributed by atoms with Crippen molar-refractivity contribution in [1.82, 2.24) is 4.90 Å². The second-order valence-corrected chi connectivity index (χ2v) is 4.06. The molecule has 0 unspecified atom stereocenters. The number of rotatable bonds is 9. The maximum absolute atomic E-state index is 8.86. The molecule has 0 bridgehead atoms. The summed E-state index contributed by atoms with van der Waals surface area (Å²) in [5.74, 6) is 0.769. The number of aliphatic hydroxyl groups excluding tert-OH is 2. The van der Waals surface area contributed by atoms with Gasteiger partial charge in [-0.05, 0) is 18.6 Å². The van der Waals surface area contributed by atoms with Crippen molar-refractivity contribution in [3.05, 3.63) is 24.3 Å². The van der Waals surface area contributed by atoms with Crippen LogP contribution in [0.3, 0.4) is 0 Å². The molecule has 5 nitrogen and oxygen atoms in total. The van der Waals surface area contributed by atoms with E-state index in [9.17, 15) is 0 Å². The highest BCUT2D eigenvalue weighted by molar-refractivity contribution is 5.43. The first-order valence-electron chi connectivity index (χ1n) is 6.18. The van der Waals surface area contributed by atoms with Crippen molar-refractivity contribution in [1.29, 1.82) is 0 Å². The number of hydrogen-bond acceptors (Lipinski definition) is 5. The summed E-state index contributed by atoms with van der Waals surface area (Å²) in [6.07, 6.45) is 0.842. The summed E-state index contributed by atoms with van der Waals surface area (Å²) in [6, 6.07) is 7.33. The Morgan fingerprint density at radius 1 is 1.11 bits per heavy atom. The fraction of sp³-hybridized carbons (Fsp3) is 0.538. The molecule has 4 N–H and O–H groups in total. The second kappa shape index (κ2) is 8.74. The quantitative estimate of drug-likeness (QED) is 0.437. The van der Waals surface area contributed by atoms with Crippen LogP contribution in [0.1, 0.15) is 6.42 Å². The molecule has 1 aromatic carbocycles. The number of nitrogens with two attached hydrogens (primary N) is 1. The van der Waals surface area contributed by atoms with E-state index in [1.165, 1.54) is 0 Å². The molecule has 0 radical (unpaired) electrons. The van der Waals surface area contributed by atoms with E-state index in [1.54, 1.807) is 6.07 Å². The summed E-state index contributed by atoms with van der Waals surface area (Å²) < 4.78 is 5.56. The molecule has 18 heavy (non-hydrogen) atoms. The molecule has 1 aromatic rings. The molecule has 0 saturated heterocycles. The summed E-state index contributed by atoms with van der Waals surface area (Å²) in [6.45, 7) is 2.77. The number of aliphatic hydroxyl groups is 2. The van der Waals surface area contributed by atoms with Gasteiger partial charge < -0.3 is 20.7 Å². The largest absolute Gasteiger partial charge is 0.493 e. The van der Waals surface area contributed by atoms with Crippen LogP contribution in [0.5, 0.6) is 5.75 Å². The van der Waals surface area contributed by atoms with Crippen molar-refractivity contribution in [3.63, 3.8) is 0 Å². The Labute approximate surface area is 108 Å². The van der Waals surface area contributed by atoms with Gasteiger partial charge in [0.15, 0.2) is 0 Å². The minimum Gasteiger partial charge on any atom is -0.493 e. The predicted octanol–water partition coefficient (Wildman–Crippen LogP) is 0.324. The van der Waals surface area contributed by atoms with E-state index in [2.05, 4.69) is 0 Å². The maximum Gasteiger partial charge on any atom is 0.121 e. The Hall–Kier alpha value is -1.30. The zero-order valence-electron chi connectivity index (χ0n) is 10.6. The molecule has 0 aliphatic rings. The van der Waals surface area contributed by atoms with Gasteiger partial charge in [-0.25, -0.2) is 0 Å². The van der Waals surface area contributed by atoms with Gasteiger partial charge in [-0.1, -0.05) is 6.07 Å². The molecule has 5 heteroatoms. The molecule has 0 aliphatic heterocycles. The van der Waals surface area contributed by atoms with E-state index >= 15 is 0 Å². The van der Waals surface area contributed by atoms with E-state index < -0.39 is 0 Å². The Bertz CT molecular complexity index is 328. The van der Waals surface area contributed by atoms with Crippen LogP contribution in [0.15, 0.2) is 24.3 Å². The number of hydrogen-bond donors (Lipinski definition) is 3. The summed E-state index contributed by atoms with van der Waals surface area (Å²) in [5, 5.41) is 17.7. The third-order valence-corrected chi connectivity index (χ3v) is 2.58. The van der Waals surface area contributed by atoms with Crippen LogP contribution in [-0.2, 0) is 0 Å². The van der Waals surface area contributed by atoms with Gasteiger partial charge in [-0.3, -0.25) is 4.90 Å². The van der Waals surface area contributed by atoms with Gasteiger partial charge in [0.25, 0.3) is 0 Å². The molecular weight excluding hydrogens is 232 g/mol. The van der Waals surface area contributed by atoms with Crippen molar-refractivity contribution in [2.24, 2.45) is 0 Å². The summed E-state index contributed by atoms with van der Waals surface area (Å²) in [7, 11) is 0. The number of nitrogen functional groups attached to an aromatic ring is 1. The van der Waals surface area contributed by atoms with Crippen molar-refractivity contribution in [2.45, 2.75) is 6.42 Å². The third-order valence-electron chi connectivity index (χ3n) is 2.58. The van der Waals surface area contributed by atoms with Gasteiger partial charge in [0.05, 0.1) is 19.8 Å². The van der Waals surface area contributed by atoms with Crippen LogP contribution >= 0.6 is 0 Å². The number of benzene rings is 1. The van der Waals surface area contributed by atoms with E-state index in [1.807, 2.05) is 23.1 Å². The van der Waals surface area contributed by atoms with E-state index in [0.717, 1.165) is 18.7 Å². The Morgan fingerprint density at radius 3 is 2.44 bits per heavy atom. The Morgan fingerprint density at radius 2 is 1.83 bits per heavy atom. The standard InChI is InChI=1S/C13H22N2O3/c14-12-3-1-4-13(11-12)18-10-2-5-15(6-8-16)7-9-17/h1,3-4,11,16-17H,2,5-10,14H2. The summed E-state index contributed by atoms with van der Waals surface area (Å²) in [4.78, 5) is 2.00. The lowest BCUT2D eigenvalue weighted by Crippen LogP contribution is -2.31. The number of nitrogens with zero attached hydrogens (tertiary/aromatic N) is 1. The Kier molecular flexibility index (Phi) is 7.17. The first-order chi connectivity index (χ1) is 8.76. The van der Waals surface area contributed by atoms with Crippen LogP contribution < -0.4 is 10.5 Å². The number of anilines is 1. The lowest BCUT2D eigenvalue weighted by atomic mass is 10.3. The third kappa shape index (κ3) is 5.86. The van der Waals surface area contributed by atoms with Gasteiger partial charge in [-0.15, -0.1) is 0 Å². The fourth-order valence-electron chi connectivity index (χ4n) is 1.70. The lowest BCUT2D eigenvalue weighted by molar-refractivity contribution is 0.153.